The molecule has 16 heavy (non-hydrogen) atoms. The number of terminal acetylenes is 1. The molecule has 0 fully saturated rings. The Labute approximate surface area is 106 Å². The van der Waals surface area contributed by atoms with Gasteiger partial charge in [-0.25, -0.2) is 0 Å². The van der Waals surface area contributed by atoms with Crippen LogP contribution in [0.1, 0.15) is 30.7 Å². The largest absolute Gasteiger partial charge is 0.329 e. The van der Waals surface area contributed by atoms with Gasteiger partial charge in [0.15, 0.2) is 0 Å². The molecule has 1 aromatic rings. The zero-order valence-corrected chi connectivity index (χ0v) is 10.9. The molecular formula is C12H17ClN2S. The van der Waals surface area contributed by atoms with Crippen LogP contribution in [0.5, 0.6) is 0 Å². The summed E-state index contributed by atoms with van der Waals surface area (Å²) < 4.78 is 0.781. The molecule has 0 aromatic carbocycles. The Morgan fingerprint density at radius 1 is 1.62 bits per heavy atom. The Kier molecular flexibility index (Phi) is 5.86. The molecule has 0 aliphatic carbocycles. The van der Waals surface area contributed by atoms with E-state index in [1.807, 2.05) is 12.1 Å². The minimum absolute atomic E-state index is 0.0828. The zero-order chi connectivity index (χ0) is 12.0. The van der Waals surface area contributed by atoms with Crippen LogP contribution in [0.4, 0.5) is 0 Å². The van der Waals surface area contributed by atoms with E-state index in [4.69, 9.17) is 23.8 Å². The predicted molar refractivity (Wildman–Crippen MR) is 71.8 cm³/mol. The Morgan fingerprint density at radius 3 is 2.81 bits per heavy atom. The third kappa shape index (κ3) is 3.80. The van der Waals surface area contributed by atoms with Gasteiger partial charge in [0.25, 0.3) is 0 Å². The van der Waals surface area contributed by atoms with Crippen LogP contribution in [-0.2, 0) is 0 Å². The molecular weight excluding hydrogens is 240 g/mol. The van der Waals surface area contributed by atoms with Gasteiger partial charge in [-0.2, -0.15) is 0 Å². The van der Waals surface area contributed by atoms with Gasteiger partial charge < -0.3 is 5.73 Å². The monoisotopic (exact) mass is 256 g/mol. The number of rotatable bonds is 6. The molecule has 0 bridgehead atoms. The van der Waals surface area contributed by atoms with Gasteiger partial charge in [-0.15, -0.1) is 17.8 Å². The lowest BCUT2D eigenvalue weighted by atomic mass is 10.1. The number of nitrogens with two attached hydrogens (primary N) is 1. The Bertz CT molecular complexity index is 356. The Balaban J connectivity index is 2.65. The van der Waals surface area contributed by atoms with Gasteiger partial charge in [-0.3, -0.25) is 5.32 Å². The average Bonchev–Trinajstić information content (AvgIpc) is 2.71. The van der Waals surface area contributed by atoms with Gasteiger partial charge in [0.05, 0.1) is 16.4 Å². The first-order chi connectivity index (χ1) is 7.71. The summed E-state index contributed by atoms with van der Waals surface area (Å²) in [6, 6.07) is 4.07. The van der Waals surface area contributed by atoms with Crippen molar-refractivity contribution >= 4 is 22.9 Å². The highest BCUT2D eigenvalue weighted by atomic mass is 35.5. The number of halogens is 1. The van der Waals surface area contributed by atoms with Gasteiger partial charge in [0, 0.05) is 11.4 Å². The molecule has 0 aliphatic rings. The van der Waals surface area contributed by atoms with Gasteiger partial charge >= 0.3 is 0 Å². The highest BCUT2D eigenvalue weighted by Gasteiger charge is 2.15. The summed E-state index contributed by atoms with van der Waals surface area (Å²) in [7, 11) is 0. The van der Waals surface area contributed by atoms with Crippen molar-refractivity contribution in [1.82, 2.24) is 5.32 Å². The van der Waals surface area contributed by atoms with Gasteiger partial charge in [0.2, 0.25) is 0 Å². The SMILES string of the molecule is C#CC(CCC)NC(CN)c1ccc(Cl)s1. The highest BCUT2D eigenvalue weighted by molar-refractivity contribution is 7.16. The molecule has 2 unspecified atom stereocenters. The summed E-state index contributed by atoms with van der Waals surface area (Å²) >= 11 is 7.45. The standard InChI is InChI=1S/C12H17ClN2S/c1-3-5-9(4-2)15-10(8-14)11-6-7-12(13)16-11/h2,6-7,9-10,15H,3,5,8,14H2,1H3. The quantitative estimate of drug-likeness (QED) is 0.769. The molecule has 2 atom stereocenters. The molecule has 0 aliphatic heterocycles. The molecule has 4 heteroatoms. The molecule has 1 heterocycles. The summed E-state index contributed by atoms with van der Waals surface area (Å²) in [6.45, 7) is 2.64. The maximum absolute atomic E-state index is 5.90. The van der Waals surface area contributed by atoms with E-state index in [-0.39, 0.29) is 12.1 Å². The van der Waals surface area contributed by atoms with E-state index in [0.29, 0.717) is 6.54 Å². The maximum Gasteiger partial charge on any atom is 0.0931 e. The summed E-state index contributed by atoms with van der Waals surface area (Å²) in [5, 5.41) is 3.37. The summed E-state index contributed by atoms with van der Waals surface area (Å²) in [5.74, 6) is 2.75. The third-order valence-electron chi connectivity index (χ3n) is 2.35. The molecule has 2 nitrogen and oxygen atoms in total. The fourth-order valence-electron chi connectivity index (χ4n) is 1.53. The molecule has 1 rings (SSSR count). The van der Waals surface area contributed by atoms with Gasteiger partial charge in [-0.1, -0.05) is 30.9 Å². The van der Waals surface area contributed by atoms with E-state index in [1.54, 1.807) is 11.3 Å². The fourth-order valence-corrected chi connectivity index (χ4v) is 2.66. The van der Waals surface area contributed by atoms with Crippen LogP contribution in [0, 0.1) is 12.3 Å². The number of nitrogens with one attached hydrogen (secondary N) is 1. The fraction of sp³-hybridized carbons (Fsp3) is 0.500. The van der Waals surface area contributed by atoms with Crippen molar-refractivity contribution in [2.75, 3.05) is 6.54 Å². The lowest BCUT2D eigenvalue weighted by Gasteiger charge is -2.20. The van der Waals surface area contributed by atoms with Crippen LogP contribution in [0.25, 0.3) is 0 Å². The van der Waals surface area contributed by atoms with Crippen LogP contribution in [-0.4, -0.2) is 12.6 Å². The Hall–Kier alpha value is -0.530. The van der Waals surface area contributed by atoms with E-state index in [2.05, 4.69) is 18.2 Å². The number of thiophene rings is 1. The van der Waals surface area contributed by atoms with E-state index >= 15 is 0 Å². The highest BCUT2D eigenvalue weighted by Crippen LogP contribution is 2.26. The van der Waals surface area contributed by atoms with Crippen LogP contribution in [0.3, 0.4) is 0 Å². The van der Waals surface area contributed by atoms with Gasteiger partial charge in [-0.05, 0) is 18.6 Å². The first kappa shape index (κ1) is 13.5. The number of hydrogen-bond donors (Lipinski definition) is 2. The maximum atomic E-state index is 5.90. The zero-order valence-electron chi connectivity index (χ0n) is 9.37. The van der Waals surface area contributed by atoms with Crippen LogP contribution >= 0.6 is 22.9 Å². The minimum atomic E-state index is 0.0828. The molecule has 3 N–H and O–H groups in total. The average molecular weight is 257 g/mol. The molecule has 1 aromatic heterocycles. The van der Waals surface area contributed by atoms with Crippen LogP contribution in [0.2, 0.25) is 4.34 Å². The third-order valence-corrected chi connectivity index (χ3v) is 3.70. The van der Waals surface area contributed by atoms with Crippen molar-refractivity contribution in [2.24, 2.45) is 5.73 Å². The van der Waals surface area contributed by atoms with Crippen molar-refractivity contribution in [3.05, 3.63) is 21.3 Å². The van der Waals surface area contributed by atoms with E-state index < -0.39 is 0 Å². The summed E-state index contributed by atoms with van der Waals surface area (Å²) in [6.07, 6.45) is 7.49. The molecule has 0 saturated carbocycles. The second kappa shape index (κ2) is 6.93. The lowest BCUT2D eigenvalue weighted by molar-refractivity contribution is 0.480. The molecule has 0 radical (unpaired) electrons. The van der Waals surface area contributed by atoms with Crippen LogP contribution < -0.4 is 11.1 Å². The van der Waals surface area contributed by atoms with E-state index in [0.717, 1.165) is 22.1 Å². The minimum Gasteiger partial charge on any atom is -0.329 e. The Morgan fingerprint density at radius 2 is 2.38 bits per heavy atom. The van der Waals surface area contributed by atoms with Crippen molar-refractivity contribution < 1.29 is 0 Å². The second-order valence-corrected chi connectivity index (χ2v) is 5.35. The normalized spacial score (nSPS) is 14.4. The van der Waals surface area contributed by atoms with Crippen molar-refractivity contribution in [3.8, 4) is 12.3 Å². The number of hydrogen-bond acceptors (Lipinski definition) is 3. The van der Waals surface area contributed by atoms with Crippen molar-refractivity contribution in [3.63, 3.8) is 0 Å². The summed E-state index contributed by atoms with van der Waals surface area (Å²) in [5.41, 5.74) is 5.75. The van der Waals surface area contributed by atoms with E-state index in [1.165, 1.54) is 0 Å². The predicted octanol–water partition coefficient (Wildman–Crippen LogP) is 2.79. The summed E-state index contributed by atoms with van der Waals surface area (Å²) in [4.78, 5) is 1.14. The topological polar surface area (TPSA) is 38.0 Å². The van der Waals surface area contributed by atoms with Gasteiger partial charge in [0.1, 0.15) is 0 Å². The molecule has 0 spiro atoms. The first-order valence-corrected chi connectivity index (χ1v) is 6.58. The lowest BCUT2D eigenvalue weighted by Crippen LogP contribution is -2.35. The van der Waals surface area contributed by atoms with Crippen molar-refractivity contribution in [2.45, 2.75) is 31.8 Å². The van der Waals surface area contributed by atoms with E-state index in [9.17, 15) is 0 Å². The van der Waals surface area contributed by atoms with Crippen molar-refractivity contribution in [1.29, 1.82) is 0 Å². The first-order valence-electron chi connectivity index (χ1n) is 5.38. The van der Waals surface area contributed by atoms with Crippen LogP contribution in [0.15, 0.2) is 12.1 Å². The second-order valence-electron chi connectivity index (χ2n) is 3.60. The molecule has 88 valence electrons. The molecule has 0 saturated heterocycles. The smallest absolute Gasteiger partial charge is 0.0931 e. The molecule has 0 amide bonds.